The molecule has 0 aliphatic rings. The Kier molecular flexibility index (Phi) is 6.51. The van der Waals surface area contributed by atoms with E-state index in [1.54, 1.807) is 20.8 Å². The average Bonchev–Trinajstić information content (AvgIpc) is 2.08. The molecule has 6 nitrogen and oxygen atoms in total. The summed E-state index contributed by atoms with van der Waals surface area (Å²) >= 11 is 0. The Morgan fingerprint density at radius 1 is 1.37 bits per heavy atom. The molecule has 0 radical (unpaired) electrons. The van der Waals surface area contributed by atoms with Gasteiger partial charge in [-0.05, 0) is 39.2 Å². The fraction of sp³-hybridized carbons (Fsp3) is 0.750. The molecule has 112 valence electrons. The lowest BCUT2D eigenvalue weighted by Gasteiger charge is -2.23. The Hall–Kier alpha value is -1.08. The molecule has 0 spiro atoms. The molecule has 1 atom stereocenters. The summed E-state index contributed by atoms with van der Waals surface area (Å²) in [4.78, 5) is 11.6. The predicted octanol–water partition coefficient (Wildman–Crippen LogP) is 2.33. The number of hydrogen-bond acceptors (Lipinski definition) is 4. The van der Waals surface area contributed by atoms with Crippen molar-refractivity contribution >= 4 is 16.2 Å². The number of carbonyl (C=O) groups is 1. The maximum atomic E-state index is 11.6. The zero-order chi connectivity index (χ0) is 15.3. The number of amides is 1. The van der Waals surface area contributed by atoms with Crippen molar-refractivity contribution in [3.05, 3.63) is 11.5 Å². The molecule has 0 saturated heterocycles. The summed E-state index contributed by atoms with van der Waals surface area (Å²) < 4.78 is 35.1. The Morgan fingerprint density at radius 2 is 1.89 bits per heavy atom. The van der Waals surface area contributed by atoms with E-state index in [9.17, 15) is 13.2 Å². The zero-order valence-electron chi connectivity index (χ0n) is 12.0. The number of hydrogen-bond donors (Lipinski definition) is 2. The van der Waals surface area contributed by atoms with E-state index in [0.29, 0.717) is 11.8 Å². The van der Waals surface area contributed by atoms with Crippen LogP contribution in [0.4, 0.5) is 4.79 Å². The fourth-order valence-electron chi connectivity index (χ4n) is 1.35. The maximum absolute atomic E-state index is 11.6. The van der Waals surface area contributed by atoms with E-state index in [1.165, 1.54) is 6.08 Å². The van der Waals surface area contributed by atoms with Crippen LogP contribution in [0.15, 0.2) is 11.5 Å². The molecular formula is C12H23NO5S. The Balaban J connectivity index is 4.69. The molecule has 0 aliphatic carbocycles. The van der Waals surface area contributed by atoms with Gasteiger partial charge in [-0.1, -0.05) is 13.8 Å². The molecule has 0 aliphatic heterocycles. The summed E-state index contributed by atoms with van der Waals surface area (Å²) in [7, 11) is -4.20. The summed E-state index contributed by atoms with van der Waals surface area (Å²) in [6.07, 6.45) is 1.14. The highest BCUT2D eigenvalue weighted by Gasteiger charge is 2.19. The zero-order valence-corrected chi connectivity index (χ0v) is 12.8. The van der Waals surface area contributed by atoms with Crippen molar-refractivity contribution in [3.8, 4) is 0 Å². The number of rotatable bonds is 5. The summed E-state index contributed by atoms with van der Waals surface area (Å²) in [6, 6.07) is -0.517. The van der Waals surface area contributed by atoms with E-state index in [4.69, 9.17) is 9.29 Å². The largest absolute Gasteiger partial charge is 0.444 e. The van der Waals surface area contributed by atoms with Gasteiger partial charge in [0, 0.05) is 0 Å². The smallest absolute Gasteiger partial charge is 0.408 e. The summed E-state index contributed by atoms with van der Waals surface area (Å²) in [5.41, 5.74) is -0.626. The van der Waals surface area contributed by atoms with E-state index < -0.39 is 27.9 Å². The second-order valence-electron chi connectivity index (χ2n) is 5.73. The van der Waals surface area contributed by atoms with Crippen molar-refractivity contribution < 1.29 is 22.5 Å². The predicted molar refractivity (Wildman–Crippen MR) is 73.3 cm³/mol. The lowest BCUT2D eigenvalue weighted by Crippen LogP contribution is -2.38. The molecule has 19 heavy (non-hydrogen) atoms. The molecule has 0 rings (SSSR count). The third kappa shape index (κ3) is 11.7. The lowest BCUT2D eigenvalue weighted by molar-refractivity contribution is 0.0510. The van der Waals surface area contributed by atoms with Gasteiger partial charge < -0.3 is 10.1 Å². The third-order valence-corrected chi connectivity index (χ3v) is 2.41. The molecule has 0 unspecified atom stereocenters. The lowest BCUT2D eigenvalue weighted by atomic mass is 10.0. The first kappa shape index (κ1) is 17.9. The molecule has 2 N–H and O–H groups in total. The van der Waals surface area contributed by atoms with Crippen molar-refractivity contribution in [1.29, 1.82) is 0 Å². The van der Waals surface area contributed by atoms with Crippen molar-refractivity contribution in [3.63, 3.8) is 0 Å². The van der Waals surface area contributed by atoms with Crippen LogP contribution in [0.25, 0.3) is 0 Å². The molecule has 0 saturated carbocycles. The summed E-state index contributed by atoms with van der Waals surface area (Å²) in [5, 5.41) is 3.22. The minimum atomic E-state index is -4.20. The molecule has 0 aromatic heterocycles. The monoisotopic (exact) mass is 293 g/mol. The van der Waals surface area contributed by atoms with Crippen LogP contribution in [0.2, 0.25) is 0 Å². The normalized spacial score (nSPS) is 14.7. The topological polar surface area (TPSA) is 92.7 Å². The second-order valence-corrected chi connectivity index (χ2v) is 7.03. The van der Waals surface area contributed by atoms with Gasteiger partial charge in [0.2, 0.25) is 0 Å². The van der Waals surface area contributed by atoms with E-state index >= 15 is 0 Å². The Bertz CT molecular complexity index is 420. The first-order chi connectivity index (χ1) is 8.39. The van der Waals surface area contributed by atoms with E-state index in [-0.39, 0.29) is 5.92 Å². The molecule has 7 heteroatoms. The van der Waals surface area contributed by atoms with Crippen LogP contribution < -0.4 is 5.32 Å². The first-order valence-electron chi connectivity index (χ1n) is 6.04. The minimum Gasteiger partial charge on any atom is -0.444 e. The van der Waals surface area contributed by atoms with Crippen LogP contribution >= 0.6 is 0 Å². The van der Waals surface area contributed by atoms with E-state index in [2.05, 4.69) is 5.32 Å². The third-order valence-electron chi connectivity index (χ3n) is 1.91. The molecular weight excluding hydrogens is 270 g/mol. The van der Waals surface area contributed by atoms with E-state index in [1.807, 2.05) is 13.8 Å². The van der Waals surface area contributed by atoms with Crippen LogP contribution in [0, 0.1) is 5.92 Å². The molecule has 0 aromatic carbocycles. The number of ether oxygens (including phenoxy) is 1. The SMILES string of the molecule is CC(C)C[C@H](/C=C/S(=O)(=O)O)NC(=O)OC(C)(C)C. The number of carbonyl (C=O) groups excluding carboxylic acids is 1. The Labute approximate surface area is 115 Å². The van der Waals surface area contributed by atoms with Crippen LogP contribution in [0.1, 0.15) is 41.0 Å². The van der Waals surface area contributed by atoms with Gasteiger partial charge in [0.25, 0.3) is 10.1 Å². The molecule has 0 heterocycles. The van der Waals surface area contributed by atoms with Gasteiger partial charge in [-0.3, -0.25) is 4.55 Å². The average molecular weight is 293 g/mol. The van der Waals surface area contributed by atoms with Crippen molar-refractivity contribution in [2.75, 3.05) is 0 Å². The van der Waals surface area contributed by atoms with Gasteiger partial charge >= 0.3 is 6.09 Å². The highest BCUT2D eigenvalue weighted by atomic mass is 32.2. The van der Waals surface area contributed by atoms with Crippen molar-refractivity contribution in [2.24, 2.45) is 5.92 Å². The molecule has 0 bridgehead atoms. The first-order valence-corrected chi connectivity index (χ1v) is 7.54. The van der Waals surface area contributed by atoms with Gasteiger partial charge in [-0.15, -0.1) is 0 Å². The van der Waals surface area contributed by atoms with Crippen LogP contribution in [0.3, 0.4) is 0 Å². The number of alkyl carbamates (subject to hydrolysis) is 1. The number of nitrogens with one attached hydrogen (secondary N) is 1. The van der Waals surface area contributed by atoms with Crippen molar-refractivity contribution in [1.82, 2.24) is 5.32 Å². The van der Waals surface area contributed by atoms with Gasteiger partial charge in [-0.25, -0.2) is 4.79 Å². The van der Waals surface area contributed by atoms with Crippen LogP contribution in [-0.4, -0.2) is 30.7 Å². The quantitative estimate of drug-likeness (QED) is 0.759. The minimum absolute atomic E-state index is 0.242. The van der Waals surface area contributed by atoms with Crippen LogP contribution in [0.5, 0.6) is 0 Å². The van der Waals surface area contributed by atoms with Gasteiger partial charge in [-0.2, -0.15) is 8.42 Å². The Morgan fingerprint density at radius 3 is 2.26 bits per heavy atom. The van der Waals surface area contributed by atoms with Gasteiger partial charge in [0.1, 0.15) is 5.60 Å². The van der Waals surface area contributed by atoms with Crippen molar-refractivity contribution in [2.45, 2.75) is 52.7 Å². The highest BCUT2D eigenvalue weighted by molar-refractivity contribution is 7.88. The second kappa shape index (κ2) is 6.91. The highest BCUT2D eigenvalue weighted by Crippen LogP contribution is 2.10. The van der Waals surface area contributed by atoms with E-state index in [0.717, 1.165) is 0 Å². The summed E-state index contributed by atoms with van der Waals surface area (Å²) in [6.45, 7) is 9.07. The fourth-order valence-corrected chi connectivity index (χ4v) is 1.73. The molecule has 0 fully saturated rings. The standard InChI is InChI=1S/C12H23NO5S/c1-9(2)8-10(6-7-19(15,16)17)13-11(14)18-12(3,4)5/h6-7,9-10H,8H2,1-5H3,(H,13,14)(H,15,16,17)/b7-6+/t10-/m0/s1. The molecule has 0 aromatic rings. The van der Waals surface area contributed by atoms with Gasteiger partial charge in [0.15, 0.2) is 0 Å². The van der Waals surface area contributed by atoms with Gasteiger partial charge in [0.05, 0.1) is 11.4 Å². The summed E-state index contributed by atoms with van der Waals surface area (Å²) in [5.74, 6) is 0.242. The maximum Gasteiger partial charge on any atom is 0.408 e. The molecule has 1 amide bonds. The van der Waals surface area contributed by atoms with Crippen LogP contribution in [-0.2, 0) is 14.9 Å².